The van der Waals surface area contributed by atoms with E-state index in [2.05, 4.69) is 0 Å². The molecule has 5 aliphatic rings. The van der Waals surface area contributed by atoms with Crippen LogP contribution in [0.1, 0.15) is 6.42 Å². The number of rotatable bonds is 1. The van der Waals surface area contributed by atoms with Gasteiger partial charge in [0, 0.05) is 13.5 Å². The topological polar surface area (TPSA) is 86.9 Å². The summed E-state index contributed by atoms with van der Waals surface area (Å²) in [4.78, 5) is 25.8. The van der Waals surface area contributed by atoms with Gasteiger partial charge in [-0.15, -0.1) is 0 Å². The maximum atomic E-state index is 13.4. The Morgan fingerprint density at radius 2 is 1.76 bits per heavy atom. The first-order chi connectivity index (χ1) is 14.1. The van der Waals surface area contributed by atoms with E-state index in [4.69, 9.17) is 23.7 Å². The molecule has 0 aromatic heterocycles. The molecule has 0 bridgehead atoms. The molecule has 0 N–H and O–H groups in total. The van der Waals surface area contributed by atoms with Crippen LogP contribution in [0.15, 0.2) is 48.6 Å². The van der Waals surface area contributed by atoms with E-state index in [-0.39, 0.29) is 18.0 Å². The van der Waals surface area contributed by atoms with Crippen molar-refractivity contribution in [3.8, 4) is 11.5 Å². The van der Waals surface area contributed by atoms with Crippen molar-refractivity contribution < 1.29 is 33.3 Å². The Bertz CT molecular complexity index is 1130. The summed E-state index contributed by atoms with van der Waals surface area (Å²) in [6.07, 6.45) is 1.06. The van der Waals surface area contributed by atoms with Gasteiger partial charge in [0.15, 0.2) is 23.3 Å². The average molecular weight is 392 g/mol. The second kappa shape index (κ2) is 4.70. The lowest BCUT2D eigenvalue weighted by atomic mass is 9.69. The highest BCUT2D eigenvalue weighted by atomic mass is 16.8. The minimum absolute atomic E-state index is 0.000639. The van der Waals surface area contributed by atoms with Crippen LogP contribution in [-0.4, -0.2) is 54.0 Å². The summed E-state index contributed by atoms with van der Waals surface area (Å²) in [5, 5.41) is 1.80. The zero-order chi connectivity index (χ0) is 19.6. The minimum Gasteiger partial charge on any atom is -0.446 e. The number of allylic oxidation sites excluding steroid dienone is 1. The molecular weight excluding hydrogens is 376 g/mol. The molecule has 2 aromatic carbocycles. The summed E-state index contributed by atoms with van der Waals surface area (Å²) in [5.74, 6) is -0.902. The van der Waals surface area contributed by atoms with Crippen LogP contribution in [0.2, 0.25) is 0 Å². The van der Waals surface area contributed by atoms with Crippen LogP contribution in [0.4, 0.5) is 0 Å². The lowest BCUT2D eigenvalue weighted by molar-refractivity contribution is -0.190. The number of fused-ring (bicyclic) bond motifs is 2. The number of ether oxygens (including phenoxy) is 5. The summed E-state index contributed by atoms with van der Waals surface area (Å²) in [7, 11) is 1.54. The van der Waals surface area contributed by atoms with Gasteiger partial charge in [-0.1, -0.05) is 24.3 Å². The largest absolute Gasteiger partial charge is 0.446 e. The molecule has 29 heavy (non-hydrogen) atoms. The van der Waals surface area contributed by atoms with Gasteiger partial charge in [0.2, 0.25) is 5.60 Å². The van der Waals surface area contributed by atoms with Crippen LogP contribution in [0.3, 0.4) is 0 Å². The molecule has 5 unspecified atom stereocenters. The molecule has 7 rings (SSSR count). The van der Waals surface area contributed by atoms with E-state index >= 15 is 0 Å². The zero-order valence-corrected chi connectivity index (χ0v) is 15.4. The third-order valence-corrected chi connectivity index (χ3v) is 6.85. The first kappa shape index (κ1) is 16.1. The highest BCUT2D eigenvalue weighted by Crippen LogP contribution is 2.71. The normalized spacial score (nSPS) is 39.7. The highest BCUT2D eigenvalue weighted by molar-refractivity contribution is 6.10. The van der Waals surface area contributed by atoms with Crippen molar-refractivity contribution >= 4 is 22.3 Å². The van der Waals surface area contributed by atoms with Crippen LogP contribution in [0, 0.1) is 0 Å². The van der Waals surface area contributed by atoms with Crippen molar-refractivity contribution in [3.63, 3.8) is 0 Å². The van der Waals surface area contributed by atoms with Crippen LogP contribution < -0.4 is 9.47 Å². The Kier molecular flexibility index (Phi) is 2.61. The van der Waals surface area contributed by atoms with Crippen LogP contribution in [0.25, 0.3) is 10.8 Å². The van der Waals surface area contributed by atoms with Gasteiger partial charge in [-0.3, -0.25) is 9.59 Å². The van der Waals surface area contributed by atoms with E-state index < -0.39 is 35.3 Å². The molecule has 3 fully saturated rings. The first-order valence-electron chi connectivity index (χ1n) is 9.60. The van der Waals surface area contributed by atoms with Crippen molar-refractivity contribution in [2.24, 2.45) is 0 Å². The maximum absolute atomic E-state index is 13.4. The lowest BCUT2D eigenvalue weighted by Gasteiger charge is -2.44. The molecule has 2 aliphatic carbocycles. The van der Waals surface area contributed by atoms with Gasteiger partial charge in [0.1, 0.15) is 23.7 Å². The van der Waals surface area contributed by atoms with Gasteiger partial charge in [-0.2, -0.15) is 0 Å². The number of carbonyl (C=O) groups is 2. The van der Waals surface area contributed by atoms with E-state index in [1.54, 1.807) is 0 Å². The average Bonchev–Trinajstić information content (AvgIpc) is 3.61. The molecule has 5 atom stereocenters. The summed E-state index contributed by atoms with van der Waals surface area (Å²) in [6.45, 7) is 0. The predicted molar refractivity (Wildman–Crippen MR) is 97.7 cm³/mol. The van der Waals surface area contributed by atoms with Gasteiger partial charge >= 0.3 is 5.79 Å². The fraction of sp³-hybridized carbons (Fsp3) is 0.364. The number of epoxide rings is 2. The second-order valence-corrected chi connectivity index (χ2v) is 8.17. The number of carbonyl (C=O) groups excluding carboxylic acids is 2. The van der Waals surface area contributed by atoms with Crippen LogP contribution in [0.5, 0.6) is 11.5 Å². The number of hydrogen-bond acceptors (Lipinski definition) is 7. The monoisotopic (exact) mass is 392 g/mol. The van der Waals surface area contributed by atoms with E-state index in [9.17, 15) is 9.59 Å². The lowest BCUT2D eigenvalue weighted by Crippen LogP contribution is -2.71. The number of hydrogen-bond donors (Lipinski definition) is 0. The second-order valence-electron chi connectivity index (χ2n) is 8.17. The summed E-state index contributed by atoms with van der Waals surface area (Å²) in [5.41, 5.74) is -2.70. The van der Waals surface area contributed by atoms with Gasteiger partial charge in [0.25, 0.3) is 0 Å². The van der Waals surface area contributed by atoms with Crippen molar-refractivity contribution in [1.82, 2.24) is 0 Å². The summed E-state index contributed by atoms with van der Waals surface area (Å²) >= 11 is 0. The molecule has 1 saturated carbocycles. The van der Waals surface area contributed by atoms with E-state index in [0.717, 1.165) is 10.8 Å². The Morgan fingerprint density at radius 1 is 1.03 bits per heavy atom. The molecule has 1 spiro atoms. The third-order valence-electron chi connectivity index (χ3n) is 6.85. The first-order valence-corrected chi connectivity index (χ1v) is 9.60. The SMILES string of the molecule is COC1C2OC2C2(Oc3cccc4cccc(c34)O2)C23OC12CC(=O)C=CC3=O. The van der Waals surface area contributed by atoms with Crippen LogP contribution in [-0.2, 0) is 23.8 Å². The van der Waals surface area contributed by atoms with Gasteiger partial charge < -0.3 is 23.7 Å². The molecule has 3 heterocycles. The molecule has 2 aromatic rings. The summed E-state index contributed by atoms with van der Waals surface area (Å²) < 4.78 is 30.7. The fourth-order valence-electron chi connectivity index (χ4n) is 5.67. The fourth-order valence-corrected chi connectivity index (χ4v) is 5.67. The Morgan fingerprint density at radius 3 is 2.45 bits per heavy atom. The number of methoxy groups -OCH3 is 1. The van der Waals surface area contributed by atoms with E-state index in [0.29, 0.717) is 11.5 Å². The van der Waals surface area contributed by atoms with Crippen molar-refractivity contribution in [2.45, 2.75) is 41.7 Å². The minimum atomic E-state index is -1.53. The summed E-state index contributed by atoms with van der Waals surface area (Å²) in [6, 6.07) is 11.4. The number of ketones is 2. The molecule has 3 aliphatic heterocycles. The maximum Gasteiger partial charge on any atom is 0.320 e. The molecular formula is C22H16O7. The van der Waals surface area contributed by atoms with Gasteiger partial charge in [0.05, 0.1) is 5.39 Å². The molecule has 146 valence electrons. The molecule has 0 amide bonds. The zero-order valence-electron chi connectivity index (χ0n) is 15.4. The van der Waals surface area contributed by atoms with Crippen LogP contribution >= 0.6 is 0 Å². The Hall–Kier alpha value is -2.74. The Balaban J connectivity index is 1.48. The van der Waals surface area contributed by atoms with Gasteiger partial charge in [-0.25, -0.2) is 0 Å². The molecule has 2 saturated heterocycles. The molecule has 7 heteroatoms. The van der Waals surface area contributed by atoms with Crippen molar-refractivity contribution in [1.29, 1.82) is 0 Å². The highest BCUT2D eigenvalue weighted by Gasteiger charge is 2.98. The van der Waals surface area contributed by atoms with E-state index in [1.165, 1.54) is 19.3 Å². The van der Waals surface area contributed by atoms with Gasteiger partial charge in [-0.05, 0) is 29.7 Å². The smallest absolute Gasteiger partial charge is 0.320 e. The predicted octanol–water partition coefficient (Wildman–Crippen LogP) is 1.71. The quantitative estimate of drug-likeness (QED) is 0.683. The van der Waals surface area contributed by atoms with Crippen molar-refractivity contribution in [3.05, 3.63) is 48.6 Å². The Labute approximate surface area is 165 Å². The molecule has 0 radical (unpaired) electrons. The molecule has 7 nitrogen and oxygen atoms in total. The number of benzene rings is 2. The van der Waals surface area contributed by atoms with E-state index in [1.807, 2.05) is 36.4 Å². The standard InChI is InChI=1S/C22H16O7/c1-25-18-17-19(26-17)22(21-15(24)9-8-12(23)10-20(18,21)29-21)27-13-6-2-4-11-5-3-7-14(28-22)16(11)13/h2-9,17-19H,10H2,1H3. The van der Waals surface area contributed by atoms with Crippen molar-refractivity contribution in [2.75, 3.05) is 7.11 Å². The third kappa shape index (κ3) is 1.57.